The van der Waals surface area contributed by atoms with Crippen LogP contribution in [0.1, 0.15) is 36.0 Å². The van der Waals surface area contributed by atoms with Crippen LogP contribution in [0.3, 0.4) is 0 Å². The highest BCUT2D eigenvalue weighted by Gasteiger charge is 2.31. The van der Waals surface area contributed by atoms with Crippen molar-refractivity contribution in [1.29, 1.82) is 0 Å². The zero-order chi connectivity index (χ0) is 26.9. The molecule has 1 heterocycles. The monoisotopic (exact) mass is 517 g/mol. The minimum atomic E-state index is -0.264. The Labute approximate surface area is 221 Å². The summed E-state index contributed by atoms with van der Waals surface area (Å²) in [5, 5.41) is 5.74. The average Bonchev–Trinajstić information content (AvgIpc) is 3.26. The summed E-state index contributed by atoms with van der Waals surface area (Å²) in [5.41, 5.74) is 2.30. The highest BCUT2D eigenvalue weighted by Crippen LogP contribution is 2.30. The second kappa shape index (κ2) is 12.8. The molecular formula is C29H31N3O6. The van der Waals surface area contributed by atoms with E-state index in [0.29, 0.717) is 50.1 Å². The molecule has 9 heteroatoms. The molecule has 4 rings (SSSR count). The maximum absolute atomic E-state index is 12.6. The van der Waals surface area contributed by atoms with Gasteiger partial charge in [0.05, 0.1) is 0 Å². The number of carbonyl (C=O) groups is 5. The molecule has 198 valence electrons. The Balaban J connectivity index is 1.17. The van der Waals surface area contributed by atoms with E-state index in [1.165, 1.54) is 17.1 Å². The number of benzene rings is 2. The Hall–Kier alpha value is -4.27. The third-order valence-electron chi connectivity index (χ3n) is 6.90. The molecule has 1 fully saturated rings. The molecule has 0 radical (unpaired) electrons. The summed E-state index contributed by atoms with van der Waals surface area (Å²) >= 11 is 0. The highest BCUT2D eigenvalue weighted by molar-refractivity contribution is 6.12. The number of ether oxygens (including phenoxy) is 1. The van der Waals surface area contributed by atoms with Crippen LogP contribution in [0, 0.1) is 11.8 Å². The second-order valence-corrected chi connectivity index (χ2v) is 9.47. The molecule has 0 bridgehead atoms. The van der Waals surface area contributed by atoms with E-state index in [-0.39, 0.29) is 42.1 Å². The Morgan fingerprint density at radius 1 is 0.895 bits per heavy atom. The van der Waals surface area contributed by atoms with Gasteiger partial charge in [0.1, 0.15) is 12.4 Å². The number of hydrogen-bond acceptors (Lipinski definition) is 6. The van der Waals surface area contributed by atoms with Crippen LogP contribution in [0.5, 0.6) is 5.75 Å². The molecule has 2 aromatic carbocycles. The lowest BCUT2D eigenvalue weighted by molar-refractivity contribution is -0.138. The maximum Gasteiger partial charge on any atom is 0.253 e. The van der Waals surface area contributed by atoms with Gasteiger partial charge in [-0.05, 0) is 67.0 Å². The fourth-order valence-electron chi connectivity index (χ4n) is 4.80. The third-order valence-corrected chi connectivity index (χ3v) is 6.90. The van der Waals surface area contributed by atoms with Crippen molar-refractivity contribution in [3.05, 3.63) is 66.2 Å². The van der Waals surface area contributed by atoms with Crippen molar-refractivity contribution in [3.63, 3.8) is 0 Å². The van der Waals surface area contributed by atoms with Crippen LogP contribution in [0.2, 0.25) is 0 Å². The van der Waals surface area contributed by atoms with E-state index < -0.39 is 0 Å². The van der Waals surface area contributed by atoms with Crippen LogP contribution in [0.25, 0.3) is 11.1 Å². The molecule has 2 N–H and O–H groups in total. The van der Waals surface area contributed by atoms with Crippen LogP contribution in [-0.4, -0.2) is 61.1 Å². The lowest BCUT2D eigenvalue weighted by atomic mass is 9.81. The van der Waals surface area contributed by atoms with Crippen molar-refractivity contribution in [2.75, 3.05) is 26.2 Å². The van der Waals surface area contributed by atoms with Crippen LogP contribution in [-0.2, 0) is 19.2 Å². The van der Waals surface area contributed by atoms with E-state index in [1.54, 1.807) is 24.3 Å². The van der Waals surface area contributed by atoms with Gasteiger partial charge in [-0.15, -0.1) is 0 Å². The molecule has 1 aliphatic carbocycles. The number of nitrogens with zero attached hydrogens (tertiary/aromatic N) is 1. The molecule has 38 heavy (non-hydrogen) atoms. The van der Waals surface area contributed by atoms with Gasteiger partial charge in [0.2, 0.25) is 5.91 Å². The van der Waals surface area contributed by atoms with Gasteiger partial charge in [-0.25, -0.2) is 0 Å². The predicted molar refractivity (Wildman–Crippen MR) is 140 cm³/mol. The van der Waals surface area contributed by atoms with E-state index in [9.17, 15) is 24.0 Å². The Morgan fingerprint density at radius 2 is 1.58 bits per heavy atom. The zero-order valence-corrected chi connectivity index (χ0v) is 21.1. The number of rotatable bonds is 11. The van der Waals surface area contributed by atoms with Crippen molar-refractivity contribution in [3.8, 4) is 16.9 Å². The summed E-state index contributed by atoms with van der Waals surface area (Å²) < 4.78 is 5.27. The van der Waals surface area contributed by atoms with E-state index in [0.717, 1.165) is 24.0 Å². The Kier molecular flexibility index (Phi) is 9.02. The molecule has 4 amide bonds. The van der Waals surface area contributed by atoms with Gasteiger partial charge in [0.15, 0.2) is 6.29 Å². The van der Waals surface area contributed by atoms with Gasteiger partial charge in [-0.2, -0.15) is 0 Å². The highest BCUT2D eigenvalue weighted by atomic mass is 16.5. The van der Waals surface area contributed by atoms with Crippen molar-refractivity contribution >= 4 is 29.9 Å². The molecule has 0 aromatic heterocycles. The minimum absolute atomic E-state index is 0.000123. The van der Waals surface area contributed by atoms with Crippen molar-refractivity contribution in [1.82, 2.24) is 15.5 Å². The van der Waals surface area contributed by atoms with Gasteiger partial charge in [-0.1, -0.05) is 24.3 Å². The third kappa shape index (κ3) is 6.94. The second-order valence-electron chi connectivity index (χ2n) is 9.47. The number of nitrogens with one attached hydrogen (secondary N) is 2. The smallest absolute Gasteiger partial charge is 0.253 e. The summed E-state index contributed by atoms with van der Waals surface area (Å²) in [5.74, 6) is -0.0760. The SMILES string of the molecule is O=CCOc1ccc(-c2cccc(C(=O)NCCNC(=O)C3CCC(CN4C(=O)C=CC4=O)CC3)c2)cc1. The lowest BCUT2D eigenvalue weighted by Crippen LogP contribution is -2.40. The summed E-state index contributed by atoms with van der Waals surface area (Å²) in [7, 11) is 0. The molecule has 2 aromatic rings. The molecule has 0 atom stereocenters. The number of amides is 4. The van der Waals surface area contributed by atoms with Gasteiger partial charge in [-0.3, -0.25) is 28.9 Å². The van der Waals surface area contributed by atoms with Gasteiger partial charge in [0, 0.05) is 43.3 Å². The number of carbonyl (C=O) groups excluding carboxylic acids is 5. The van der Waals surface area contributed by atoms with Crippen LogP contribution >= 0.6 is 0 Å². The normalized spacial score (nSPS) is 18.8. The summed E-state index contributed by atoms with van der Waals surface area (Å²) in [6, 6.07) is 14.5. The van der Waals surface area contributed by atoms with Crippen molar-refractivity contribution < 1.29 is 28.7 Å². The van der Waals surface area contributed by atoms with Gasteiger partial charge in [0.25, 0.3) is 17.7 Å². The largest absolute Gasteiger partial charge is 0.486 e. The van der Waals surface area contributed by atoms with E-state index >= 15 is 0 Å². The minimum Gasteiger partial charge on any atom is -0.486 e. The van der Waals surface area contributed by atoms with Crippen LogP contribution < -0.4 is 15.4 Å². The molecule has 0 unspecified atom stereocenters. The molecule has 0 saturated heterocycles. The fourth-order valence-corrected chi connectivity index (χ4v) is 4.80. The van der Waals surface area contributed by atoms with Gasteiger partial charge < -0.3 is 15.4 Å². The molecular weight excluding hydrogens is 486 g/mol. The number of imide groups is 1. The van der Waals surface area contributed by atoms with E-state index in [4.69, 9.17) is 4.74 Å². The molecule has 0 spiro atoms. The zero-order valence-electron chi connectivity index (χ0n) is 21.1. The number of aldehydes is 1. The quantitative estimate of drug-likeness (QED) is 0.268. The first-order valence-electron chi connectivity index (χ1n) is 12.8. The topological polar surface area (TPSA) is 122 Å². The predicted octanol–water partition coefficient (Wildman–Crippen LogP) is 2.51. The summed E-state index contributed by atoms with van der Waals surface area (Å²) in [6.07, 6.45) is 6.28. The molecule has 2 aliphatic rings. The van der Waals surface area contributed by atoms with Gasteiger partial charge >= 0.3 is 0 Å². The molecule has 9 nitrogen and oxygen atoms in total. The molecule has 1 aliphatic heterocycles. The van der Waals surface area contributed by atoms with Crippen molar-refractivity contribution in [2.45, 2.75) is 25.7 Å². The molecule has 1 saturated carbocycles. The van der Waals surface area contributed by atoms with E-state index in [1.807, 2.05) is 24.3 Å². The lowest BCUT2D eigenvalue weighted by Gasteiger charge is -2.30. The fraction of sp³-hybridized carbons (Fsp3) is 0.345. The van der Waals surface area contributed by atoms with Crippen molar-refractivity contribution in [2.24, 2.45) is 11.8 Å². The first-order chi connectivity index (χ1) is 18.4. The van der Waals surface area contributed by atoms with Crippen LogP contribution in [0.15, 0.2) is 60.7 Å². The first-order valence-corrected chi connectivity index (χ1v) is 12.8. The summed E-state index contributed by atoms with van der Waals surface area (Å²) in [6.45, 7) is 1.04. The Bertz CT molecular complexity index is 1200. The average molecular weight is 518 g/mol. The Morgan fingerprint density at radius 3 is 2.26 bits per heavy atom. The van der Waals surface area contributed by atoms with Crippen LogP contribution in [0.4, 0.5) is 0 Å². The first kappa shape index (κ1) is 26.8. The maximum atomic E-state index is 12.6. The van der Waals surface area contributed by atoms with E-state index in [2.05, 4.69) is 10.6 Å². The number of hydrogen-bond donors (Lipinski definition) is 2. The summed E-state index contributed by atoms with van der Waals surface area (Å²) in [4.78, 5) is 60.4. The standard InChI is InChI=1S/C29H31N3O6/c33-16-17-38-25-10-8-21(9-11-25)23-2-1-3-24(18-23)29(37)31-15-14-30-28(36)22-6-4-20(5-7-22)19-32-26(34)12-13-27(32)35/h1-3,8-13,16,18,20,22H,4-7,14-15,17,19H2,(H,30,36)(H,31,37).